The van der Waals surface area contributed by atoms with E-state index in [9.17, 15) is 19.2 Å². The SMILES string of the molecule is CCOC(=O)CN1C(=O)C(NC(=O)[C@H](COCc2ccccc2)NC(=O)OC(C)(C)C)CSc2ccccc21. The van der Waals surface area contributed by atoms with E-state index in [1.54, 1.807) is 39.8 Å². The summed E-state index contributed by atoms with van der Waals surface area (Å²) in [6.07, 6.45) is -0.788. The predicted molar refractivity (Wildman–Crippen MR) is 147 cm³/mol. The molecule has 0 aromatic heterocycles. The molecule has 2 atom stereocenters. The number of hydrogen-bond acceptors (Lipinski definition) is 8. The van der Waals surface area contributed by atoms with Crippen LogP contribution in [0.15, 0.2) is 59.5 Å². The minimum atomic E-state index is -1.13. The van der Waals surface area contributed by atoms with Gasteiger partial charge in [-0.25, -0.2) is 4.79 Å². The summed E-state index contributed by atoms with van der Waals surface area (Å²) >= 11 is 1.38. The molecule has 10 nitrogen and oxygen atoms in total. The second kappa shape index (κ2) is 14.0. The van der Waals surface area contributed by atoms with E-state index >= 15 is 0 Å². The fourth-order valence-electron chi connectivity index (χ4n) is 3.73. The molecule has 0 saturated carbocycles. The number of anilines is 1. The van der Waals surface area contributed by atoms with Crippen molar-refractivity contribution < 1.29 is 33.4 Å². The average Bonchev–Trinajstić information content (AvgIpc) is 3.00. The second-order valence-corrected chi connectivity index (χ2v) is 10.8. The molecule has 0 bridgehead atoms. The van der Waals surface area contributed by atoms with Crippen LogP contribution in [0.4, 0.5) is 10.5 Å². The molecule has 1 aliphatic heterocycles. The zero-order chi connectivity index (χ0) is 28.4. The molecule has 0 saturated heterocycles. The van der Waals surface area contributed by atoms with Gasteiger partial charge in [-0.05, 0) is 45.4 Å². The molecule has 1 aliphatic rings. The van der Waals surface area contributed by atoms with Crippen LogP contribution < -0.4 is 15.5 Å². The number of nitrogens with zero attached hydrogens (tertiary/aromatic N) is 1. The Morgan fingerprint density at radius 1 is 1.08 bits per heavy atom. The molecular weight excluding hydrogens is 522 g/mol. The number of ether oxygens (including phenoxy) is 3. The van der Waals surface area contributed by atoms with E-state index in [0.29, 0.717) is 5.69 Å². The van der Waals surface area contributed by atoms with E-state index in [1.807, 2.05) is 42.5 Å². The first-order valence-electron chi connectivity index (χ1n) is 12.7. The Morgan fingerprint density at radius 3 is 2.46 bits per heavy atom. The maximum absolute atomic E-state index is 13.6. The maximum Gasteiger partial charge on any atom is 0.408 e. The van der Waals surface area contributed by atoms with E-state index in [-0.39, 0.29) is 32.1 Å². The van der Waals surface area contributed by atoms with Crippen LogP contribution in [0.3, 0.4) is 0 Å². The number of esters is 1. The fourth-order valence-corrected chi connectivity index (χ4v) is 4.80. The van der Waals surface area contributed by atoms with E-state index in [4.69, 9.17) is 14.2 Å². The van der Waals surface area contributed by atoms with Crippen molar-refractivity contribution in [3.63, 3.8) is 0 Å². The third kappa shape index (κ3) is 9.29. The Morgan fingerprint density at radius 2 is 1.77 bits per heavy atom. The average molecular weight is 558 g/mol. The highest BCUT2D eigenvalue weighted by Crippen LogP contribution is 2.34. The number of carbonyl (C=O) groups excluding carboxylic acids is 4. The van der Waals surface area contributed by atoms with Crippen molar-refractivity contribution in [1.29, 1.82) is 0 Å². The third-order valence-corrected chi connectivity index (χ3v) is 6.59. The molecule has 11 heteroatoms. The van der Waals surface area contributed by atoms with Gasteiger partial charge in [-0.1, -0.05) is 42.5 Å². The minimum Gasteiger partial charge on any atom is -0.465 e. The minimum absolute atomic E-state index is 0.152. The highest BCUT2D eigenvalue weighted by molar-refractivity contribution is 7.99. The van der Waals surface area contributed by atoms with Crippen LogP contribution in [-0.2, 0) is 35.2 Å². The van der Waals surface area contributed by atoms with Gasteiger partial charge in [-0.2, -0.15) is 0 Å². The molecule has 1 heterocycles. The summed E-state index contributed by atoms with van der Waals surface area (Å²) in [4.78, 5) is 53.9. The quantitative estimate of drug-likeness (QED) is 0.427. The fraction of sp³-hybridized carbons (Fsp3) is 0.429. The molecule has 3 amide bonds. The van der Waals surface area contributed by atoms with Crippen LogP contribution in [0.1, 0.15) is 33.3 Å². The van der Waals surface area contributed by atoms with Crippen molar-refractivity contribution in [3.05, 3.63) is 60.2 Å². The summed E-state index contributed by atoms with van der Waals surface area (Å²) in [5.74, 6) is -1.41. The molecule has 39 heavy (non-hydrogen) atoms. The van der Waals surface area contributed by atoms with Crippen molar-refractivity contribution >= 4 is 41.3 Å². The van der Waals surface area contributed by atoms with Crippen LogP contribution in [0, 0.1) is 0 Å². The summed E-state index contributed by atoms with van der Waals surface area (Å²) < 4.78 is 16.1. The first-order valence-corrected chi connectivity index (χ1v) is 13.7. The first kappa shape index (κ1) is 30.0. The van der Waals surface area contributed by atoms with Crippen LogP contribution in [0.5, 0.6) is 0 Å². The zero-order valence-electron chi connectivity index (χ0n) is 22.6. The Bertz CT molecular complexity index is 1150. The monoisotopic (exact) mass is 557 g/mol. The van der Waals surface area contributed by atoms with Gasteiger partial charge in [0.1, 0.15) is 24.2 Å². The summed E-state index contributed by atoms with van der Waals surface area (Å²) in [5.41, 5.74) is 0.687. The van der Waals surface area contributed by atoms with Crippen molar-refractivity contribution in [2.24, 2.45) is 0 Å². The van der Waals surface area contributed by atoms with E-state index in [1.165, 1.54) is 16.7 Å². The Balaban J connectivity index is 1.75. The number of nitrogens with one attached hydrogen (secondary N) is 2. The van der Waals surface area contributed by atoms with Crippen molar-refractivity contribution in [3.8, 4) is 0 Å². The molecule has 0 spiro atoms. The maximum atomic E-state index is 13.6. The number of hydrogen-bond donors (Lipinski definition) is 2. The number of para-hydroxylation sites is 1. The smallest absolute Gasteiger partial charge is 0.408 e. The summed E-state index contributed by atoms with van der Waals surface area (Å²) in [6, 6.07) is 14.5. The van der Waals surface area contributed by atoms with Gasteiger partial charge in [-0.15, -0.1) is 11.8 Å². The second-order valence-electron chi connectivity index (χ2n) is 9.77. The van der Waals surface area contributed by atoms with Crippen LogP contribution in [0.2, 0.25) is 0 Å². The van der Waals surface area contributed by atoms with Crippen LogP contribution in [0.25, 0.3) is 0 Å². The van der Waals surface area contributed by atoms with Gasteiger partial charge in [0.15, 0.2) is 0 Å². The lowest BCUT2D eigenvalue weighted by Crippen LogP contribution is -2.57. The molecule has 2 aromatic rings. The Labute approximate surface area is 232 Å². The normalized spacial score (nSPS) is 15.9. The standard InChI is InChI=1S/C28H35N3O7S/c1-5-37-24(32)15-31-22-13-9-10-14-23(22)39-18-21(26(31)34)29-25(33)20(30-27(35)38-28(2,3)4)17-36-16-19-11-7-6-8-12-19/h6-14,20-21H,5,15-18H2,1-4H3,(H,29,33)(H,30,35)/t20-,21?/m0/s1. The van der Waals surface area contributed by atoms with Gasteiger partial charge in [0, 0.05) is 10.6 Å². The molecule has 210 valence electrons. The number of thioether (sulfide) groups is 1. The first-order chi connectivity index (χ1) is 18.6. The van der Waals surface area contributed by atoms with Crippen LogP contribution >= 0.6 is 11.8 Å². The Kier molecular flexibility index (Phi) is 10.8. The number of amides is 3. The van der Waals surface area contributed by atoms with Gasteiger partial charge >= 0.3 is 12.1 Å². The number of benzene rings is 2. The van der Waals surface area contributed by atoms with Gasteiger partial charge in [0.2, 0.25) is 5.91 Å². The van der Waals surface area contributed by atoms with Gasteiger partial charge in [0.25, 0.3) is 5.91 Å². The number of fused-ring (bicyclic) bond motifs is 1. The topological polar surface area (TPSA) is 123 Å². The highest BCUT2D eigenvalue weighted by Gasteiger charge is 2.35. The van der Waals surface area contributed by atoms with Crippen LogP contribution in [-0.4, -0.2) is 67.1 Å². The van der Waals surface area contributed by atoms with Crippen molar-refractivity contribution in [2.45, 2.75) is 56.9 Å². The molecule has 0 aliphatic carbocycles. The summed E-state index contributed by atoms with van der Waals surface area (Å²) in [6.45, 7) is 6.78. The lowest BCUT2D eigenvalue weighted by molar-refractivity contribution is -0.142. The van der Waals surface area contributed by atoms with E-state index in [0.717, 1.165) is 10.5 Å². The highest BCUT2D eigenvalue weighted by atomic mass is 32.2. The largest absolute Gasteiger partial charge is 0.465 e. The molecular formula is C28H35N3O7S. The van der Waals surface area contributed by atoms with E-state index < -0.39 is 41.6 Å². The molecule has 1 unspecified atom stereocenters. The van der Waals surface area contributed by atoms with Crippen molar-refractivity contribution in [2.75, 3.05) is 30.4 Å². The lowest BCUT2D eigenvalue weighted by atomic mass is 10.2. The Hall–Kier alpha value is -3.57. The molecule has 2 N–H and O–H groups in total. The van der Waals surface area contributed by atoms with E-state index in [2.05, 4.69) is 10.6 Å². The summed E-state index contributed by atoms with van der Waals surface area (Å²) in [7, 11) is 0. The third-order valence-electron chi connectivity index (χ3n) is 5.44. The van der Waals surface area contributed by atoms with Gasteiger partial charge < -0.3 is 24.8 Å². The number of rotatable bonds is 10. The lowest BCUT2D eigenvalue weighted by Gasteiger charge is -2.27. The van der Waals surface area contributed by atoms with Gasteiger partial charge in [0.05, 0.1) is 25.5 Å². The molecule has 0 radical (unpaired) electrons. The number of carbonyl (C=O) groups is 4. The number of alkyl carbamates (subject to hydrolysis) is 1. The molecule has 2 aromatic carbocycles. The molecule has 3 rings (SSSR count). The van der Waals surface area contributed by atoms with Gasteiger partial charge in [-0.3, -0.25) is 19.3 Å². The summed E-state index contributed by atoms with van der Waals surface area (Å²) in [5, 5.41) is 5.30. The molecule has 0 fully saturated rings. The predicted octanol–water partition coefficient (Wildman–Crippen LogP) is 3.28. The zero-order valence-corrected chi connectivity index (χ0v) is 23.4. The van der Waals surface area contributed by atoms with Crippen molar-refractivity contribution in [1.82, 2.24) is 10.6 Å².